The molecule has 2 aliphatic heterocycles. The number of hydrogen-bond acceptors (Lipinski definition) is 3. The number of rotatable bonds is 3. The predicted octanol–water partition coefficient (Wildman–Crippen LogP) is 1.02. The van der Waals surface area contributed by atoms with Crippen LogP contribution in [0.4, 0.5) is 0 Å². The van der Waals surface area contributed by atoms with Gasteiger partial charge in [0.05, 0.1) is 0 Å². The standard InChI is InChI=1S/C13H27N3O2S/c1-11(2)12-9-16(10-13(12)14)19(17,18)15-7-5-3-4-6-8-15/h11-13H,3-10,14H2,1-2H3/t12-,13+/m1/s1. The summed E-state index contributed by atoms with van der Waals surface area (Å²) in [5, 5.41) is 0. The third-order valence-electron chi connectivity index (χ3n) is 4.45. The van der Waals surface area contributed by atoms with E-state index < -0.39 is 10.2 Å². The summed E-state index contributed by atoms with van der Waals surface area (Å²) in [5.74, 6) is 0.709. The highest BCUT2D eigenvalue weighted by molar-refractivity contribution is 7.86. The molecule has 0 radical (unpaired) electrons. The van der Waals surface area contributed by atoms with E-state index >= 15 is 0 Å². The fourth-order valence-electron chi connectivity index (χ4n) is 3.14. The van der Waals surface area contributed by atoms with Crippen molar-refractivity contribution < 1.29 is 8.42 Å². The first kappa shape index (κ1) is 15.2. The molecular weight excluding hydrogens is 262 g/mol. The highest BCUT2D eigenvalue weighted by atomic mass is 32.2. The Morgan fingerprint density at radius 2 is 1.58 bits per heavy atom. The first-order chi connectivity index (χ1) is 8.93. The first-order valence-corrected chi connectivity index (χ1v) is 8.83. The molecule has 2 heterocycles. The fourth-order valence-corrected chi connectivity index (χ4v) is 4.91. The van der Waals surface area contributed by atoms with E-state index in [2.05, 4.69) is 13.8 Å². The minimum atomic E-state index is -3.30. The van der Waals surface area contributed by atoms with E-state index in [1.54, 1.807) is 8.61 Å². The molecule has 112 valence electrons. The normalized spacial score (nSPS) is 31.8. The van der Waals surface area contributed by atoms with Crippen molar-refractivity contribution in [3.63, 3.8) is 0 Å². The molecule has 0 bridgehead atoms. The number of nitrogens with two attached hydrogens (primary N) is 1. The summed E-state index contributed by atoms with van der Waals surface area (Å²) in [6.07, 6.45) is 4.24. The second kappa shape index (κ2) is 6.08. The molecule has 0 saturated carbocycles. The summed E-state index contributed by atoms with van der Waals surface area (Å²) in [7, 11) is -3.30. The zero-order chi connectivity index (χ0) is 14.0. The third-order valence-corrected chi connectivity index (χ3v) is 6.42. The maximum absolute atomic E-state index is 12.7. The molecule has 2 aliphatic rings. The van der Waals surface area contributed by atoms with Crippen LogP contribution in [0.25, 0.3) is 0 Å². The maximum Gasteiger partial charge on any atom is 0.282 e. The van der Waals surface area contributed by atoms with Gasteiger partial charge in [0.2, 0.25) is 0 Å². The Kier molecular flexibility index (Phi) is 4.87. The van der Waals surface area contributed by atoms with Crippen molar-refractivity contribution in [1.82, 2.24) is 8.61 Å². The molecule has 2 saturated heterocycles. The van der Waals surface area contributed by atoms with Gasteiger partial charge in [-0.2, -0.15) is 17.0 Å². The highest BCUT2D eigenvalue weighted by Crippen LogP contribution is 2.27. The molecule has 2 N–H and O–H groups in total. The van der Waals surface area contributed by atoms with Gasteiger partial charge in [-0.15, -0.1) is 0 Å². The lowest BCUT2D eigenvalue weighted by Crippen LogP contribution is -2.44. The Balaban J connectivity index is 2.07. The Hall–Kier alpha value is -0.170. The summed E-state index contributed by atoms with van der Waals surface area (Å²) in [4.78, 5) is 0. The molecule has 0 aromatic carbocycles. The molecule has 0 aliphatic carbocycles. The summed E-state index contributed by atoms with van der Waals surface area (Å²) in [5.41, 5.74) is 6.10. The Labute approximate surface area is 117 Å². The SMILES string of the molecule is CC(C)[C@H]1CN(S(=O)(=O)N2CCCCCC2)C[C@@H]1N. The van der Waals surface area contributed by atoms with E-state index in [4.69, 9.17) is 5.73 Å². The van der Waals surface area contributed by atoms with Gasteiger partial charge in [0.15, 0.2) is 0 Å². The first-order valence-electron chi connectivity index (χ1n) is 7.43. The van der Waals surface area contributed by atoms with Gasteiger partial charge in [-0.05, 0) is 24.7 Å². The second-order valence-electron chi connectivity index (χ2n) is 6.21. The second-order valence-corrected chi connectivity index (χ2v) is 8.14. The number of nitrogens with zero attached hydrogens (tertiary/aromatic N) is 2. The van der Waals surface area contributed by atoms with Crippen molar-refractivity contribution in [2.45, 2.75) is 45.6 Å². The summed E-state index contributed by atoms with van der Waals surface area (Å²) < 4.78 is 28.6. The zero-order valence-electron chi connectivity index (χ0n) is 12.1. The van der Waals surface area contributed by atoms with Gasteiger partial charge < -0.3 is 5.73 Å². The molecule has 5 nitrogen and oxygen atoms in total. The highest BCUT2D eigenvalue weighted by Gasteiger charge is 2.40. The Bertz CT molecular complexity index is 389. The average Bonchev–Trinajstić information content (AvgIpc) is 2.58. The van der Waals surface area contributed by atoms with Crippen molar-refractivity contribution in [2.24, 2.45) is 17.6 Å². The van der Waals surface area contributed by atoms with Crippen LogP contribution in [0.1, 0.15) is 39.5 Å². The van der Waals surface area contributed by atoms with Crippen molar-refractivity contribution in [1.29, 1.82) is 0 Å². The van der Waals surface area contributed by atoms with E-state index in [-0.39, 0.29) is 12.0 Å². The van der Waals surface area contributed by atoms with Gasteiger partial charge in [-0.3, -0.25) is 0 Å². The van der Waals surface area contributed by atoms with Crippen LogP contribution in [0.2, 0.25) is 0 Å². The maximum atomic E-state index is 12.7. The lowest BCUT2D eigenvalue weighted by Gasteiger charge is -2.26. The van der Waals surface area contributed by atoms with Crippen molar-refractivity contribution in [3.05, 3.63) is 0 Å². The monoisotopic (exact) mass is 289 g/mol. The van der Waals surface area contributed by atoms with Crippen LogP contribution in [0.15, 0.2) is 0 Å². The van der Waals surface area contributed by atoms with E-state index in [1.807, 2.05) is 0 Å². The van der Waals surface area contributed by atoms with E-state index in [0.29, 0.717) is 32.1 Å². The summed E-state index contributed by atoms with van der Waals surface area (Å²) in [6, 6.07) is -0.0262. The van der Waals surface area contributed by atoms with Gasteiger partial charge in [-0.25, -0.2) is 0 Å². The molecule has 2 fully saturated rings. The molecule has 0 amide bonds. The van der Waals surface area contributed by atoms with E-state index in [0.717, 1.165) is 25.7 Å². The summed E-state index contributed by atoms with van der Waals surface area (Å²) in [6.45, 7) is 6.62. The lowest BCUT2D eigenvalue weighted by molar-refractivity contribution is 0.344. The molecule has 0 spiro atoms. The van der Waals surface area contributed by atoms with Crippen LogP contribution in [0.5, 0.6) is 0 Å². The smallest absolute Gasteiger partial charge is 0.282 e. The van der Waals surface area contributed by atoms with Crippen molar-refractivity contribution >= 4 is 10.2 Å². The molecule has 2 atom stereocenters. The molecular formula is C13H27N3O2S. The Morgan fingerprint density at radius 3 is 2.05 bits per heavy atom. The van der Waals surface area contributed by atoms with E-state index in [9.17, 15) is 8.42 Å². The van der Waals surface area contributed by atoms with Crippen LogP contribution >= 0.6 is 0 Å². The van der Waals surface area contributed by atoms with Crippen LogP contribution < -0.4 is 5.73 Å². The van der Waals surface area contributed by atoms with Crippen LogP contribution in [0, 0.1) is 11.8 Å². The lowest BCUT2D eigenvalue weighted by atomic mass is 9.92. The average molecular weight is 289 g/mol. The van der Waals surface area contributed by atoms with Gasteiger partial charge in [-0.1, -0.05) is 26.7 Å². The van der Waals surface area contributed by atoms with Crippen LogP contribution in [0.3, 0.4) is 0 Å². The van der Waals surface area contributed by atoms with E-state index in [1.165, 1.54) is 0 Å². The molecule has 0 unspecified atom stereocenters. The largest absolute Gasteiger partial charge is 0.326 e. The van der Waals surface area contributed by atoms with Gasteiger partial charge >= 0.3 is 0 Å². The van der Waals surface area contributed by atoms with Gasteiger partial charge in [0.25, 0.3) is 10.2 Å². The predicted molar refractivity (Wildman–Crippen MR) is 76.8 cm³/mol. The van der Waals surface area contributed by atoms with Crippen molar-refractivity contribution in [2.75, 3.05) is 26.2 Å². The molecule has 6 heteroatoms. The molecule has 0 aromatic heterocycles. The molecule has 2 rings (SSSR count). The topological polar surface area (TPSA) is 66.6 Å². The molecule has 19 heavy (non-hydrogen) atoms. The van der Waals surface area contributed by atoms with Crippen molar-refractivity contribution in [3.8, 4) is 0 Å². The fraction of sp³-hybridized carbons (Fsp3) is 1.00. The third kappa shape index (κ3) is 3.29. The number of hydrogen-bond donors (Lipinski definition) is 1. The minimum absolute atomic E-state index is 0.0262. The zero-order valence-corrected chi connectivity index (χ0v) is 12.9. The van der Waals surface area contributed by atoms with Crippen LogP contribution in [-0.4, -0.2) is 49.2 Å². The quantitative estimate of drug-likeness (QED) is 0.843. The summed E-state index contributed by atoms with van der Waals surface area (Å²) >= 11 is 0. The van der Waals surface area contributed by atoms with Gasteiger partial charge in [0, 0.05) is 32.2 Å². The van der Waals surface area contributed by atoms with Crippen LogP contribution in [-0.2, 0) is 10.2 Å². The van der Waals surface area contributed by atoms with Gasteiger partial charge in [0.1, 0.15) is 0 Å². The minimum Gasteiger partial charge on any atom is -0.326 e. The Morgan fingerprint density at radius 1 is 1.00 bits per heavy atom. The molecule has 0 aromatic rings.